The maximum Gasteiger partial charge on any atom is 0.315 e. The van der Waals surface area contributed by atoms with E-state index in [9.17, 15) is 24.0 Å². The number of ketones is 1. The second kappa shape index (κ2) is 15.2. The SMILES string of the molecule is CC(NC(=O)C1CCCN1C(=O)C(NC(=O)NC(CNCCN(C)SO)C(C)C)C(C)(C)C)C(=O)C(N)=O. The highest BCUT2D eigenvalue weighted by atomic mass is 32.2. The lowest BCUT2D eigenvalue weighted by atomic mass is 9.85. The summed E-state index contributed by atoms with van der Waals surface area (Å²) in [7, 11) is 1.76. The maximum absolute atomic E-state index is 13.6. The van der Waals surface area contributed by atoms with Crippen LogP contribution in [-0.4, -0.2) is 101 Å². The highest BCUT2D eigenvalue weighted by Crippen LogP contribution is 2.26. The van der Waals surface area contributed by atoms with Crippen LogP contribution in [0.15, 0.2) is 0 Å². The van der Waals surface area contributed by atoms with Gasteiger partial charge in [0.2, 0.25) is 17.6 Å². The summed E-state index contributed by atoms with van der Waals surface area (Å²) in [6, 6.07) is -3.57. The molecule has 218 valence electrons. The second-order valence-electron chi connectivity index (χ2n) is 11.1. The van der Waals surface area contributed by atoms with Crippen molar-refractivity contribution >= 4 is 41.8 Å². The minimum atomic E-state index is -1.15. The standard InChI is InChI=1S/C24H45N7O6S/c1-14(2)16(13-26-10-12-30(7)38-37)28-23(36)29-19(24(4,5)6)22(35)31-11-8-9-17(31)21(34)27-15(3)18(32)20(25)33/h14-17,19,26,37H,8-13H2,1-7H3,(H2,25,33)(H,27,34)(H2,28,29,36). The maximum atomic E-state index is 13.6. The molecule has 4 unspecified atom stereocenters. The summed E-state index contributed by atoms with van der Waals surface area (Å²) >= 11 is 0.649. The van der Waals surface area contributed by atoms with Gasteiger partial charge in [-0.1, -0.05) is 34.6 Å². The number of Topliss-reactive ketones (excluding diaryl/α,β-unsaturated/α-hetero) is 1. The van der Waals surface area contributed by atoms with Crippen molar-refractivity contribution in [2.45, 2.75) is 78.6 Å². The zero-order valence-electron chi connectivity index (χ0n) is 23.5. The number of carbonyl (C=O) groups excluding carboxylic acids is 5. The molecule has 1 saturated heterocycles. The van der Waals surface area contributed by atoms with Crippen molar-refractivity contribution in [1.29, 1.82) is 0 Å². The summed E-state index contributed by atoms with van der Waals surface area (Å²) in [6.45, 7) is 12.8. The van der Waals surface area contributed by atoms with Gasteiger partial charge in [0.05, 0.1) is 18.3 Å². The zero-order valence-corrected chi connectivity index (χ0v) is 24.3. The average molecular weight is 560 g/mol. The lowest BCUT2D eigenvalue weighted by molar-refractivity contribution is -0.143. The number of amides is 5. The van der Waals surface area contributed by atoms with Gasteiger partial charge in [0.1, 0.15) is 12.1 Å². The number of hydrogen-bond acceptors (Lipinski definition) is 9. The van der Waals surface area contributed by atoms with Gasteiger partial charge in [-0.3, -0.25) is 19.2 Å². The summed E-state index contributed by atoms with van der Waals surface area (Å²) < 4.78 is 10.7. The average Bonchev–Trinajstić information content (AvgIpc) is 3.32. The number of likely N-dealkylation sites (N-methyl/N-ethyl adjacent to an activating group) is 1. The van der Waals surface area contributed by atoms with Gasteiger partial charge < -0.3 is 36.5 Å². The minimum absolute atomic E-state index is 0.110. The van der Waals surface area contributed by atoms with Crippen LogP contribution in [0.1, 0.15) is 54.4 Å². The molecule has 0 bridgehead atoms. The van der Waals surface area contributed by atoms with Gasteiger partial charge in [0.25, 0.3) is 5.91 Å². The van der Waals surface area contributed by atoms with E-state index in [-0.39, 0.29) is 12.0 Å². The van der Waals surface area contributed by atoms with Crippen LogP contribution in [0.4, 0.5) is 4.79 Å². The largest absolute Gasteiger partial charge is 0.363 e. The molecular weight excluding hydrogens is 514 g/mol. The summed E-state index contributed by atoms with van der Waals surface area (Å²) in [5, 5.41) is 11.5. The Labute approximate surface area is 229 Å². The number of nitrogens with two attached hydrogens (primary N) is 1. The third kappa shape index (κ3) is 10.4. The minimum Gasteiger partial charge on any atom is -0.363 e. The smallest absolute Gasteiger partial charge is 0.315 e. The van der Waals surface area contributed by atoms with Crippen molar-refractivity contribution in [3.8, 4) is 0 Å². The molecule has 0 saturated carbocycles. The number of hydrogen-bond donors (Lipinski definition) is 6. The van der Waals surface area contributed by atoms with E-state index in [4.69, 9.17) is 10.3 Å². The van der Waals surface area contributed by atoms with Gasteiger partial charge in [-0.05, 0) is 38.1 Å². The lowest BCUT2D eigenvalue weighted by Crippen LogP contribution is -2.61. The molecule has 4 atom stereocenters. The quantitative estimate of drug-likeness (QED) is 0.0732. The van der Waals surface area contributed by atoms with Crippen LogP contribution in [0.25, 0.3) is 0 Å². The zero-order chi connectivity index (χ0) is 29.2. The molecule has 7 N–H and O–H groups in total. The van der Waals surface area contributed by atoms with Crippen molar-refractivity contribution in [1.82, 2.24) is 30.5 Å². The van der Waals surface area contributed by atoms with E-state index in [0.717, 1.165) is 0 Å². The number of nitrogens with zero attached hydrogens (tertiary/aromatic N) is 2. The topological polar surface area (TPSA) is 186 Å². The van der Waals surface area contributed by atoms with E-state index in [1.54, 1.807) is 11.4 Å². The Balaban J connectivity index is 2.88. The Morgan fingerprint density at radius 1 is 1.11 bits per heavy atom. The highest BCUT2D eigenvalue weighted by molar-refractivity contribution is 7.91. The molecular formula is C24H45N7O6S. The Hall–Kier alpha value is -2.42. The first-order chi connectivity index (χ1) is 17.6. The van der Waals surface area contributed by atoms with E-state index in [0.29, 0.717) is 51.2 Å². The molecule has 0 radical (unpaired) electrons. The summed E-state index contributed by atoms with van der Waals surface area (Å²) in [4.78, 5) is 63.8. The molecule has 0 aromatic carbocycles. The number of likely N-dealkylation sites (tertiary alicyclic amines) is 1. The van der Waals surface area contributed by atoms with Gasteiger partial charge in [-0.25, -0.2) is 9.10 Å². The van der Waals surface area contributed by atoms with Crippen LogP contribution >= 0.6 is 12.2 Å². The number of primary amides is 1. The summed E-state index contributed by atoms with van der Waals surface area (Å²) in [6.07, 6.45) is 0.972. The Kier molecular flexibility index (Phi) is 13.5. The number of rotatable bonds is 14. The van der Waals surface area contributed by atoms with E-state index in [2.05, 4.69) is 21.3 Å². The summed E-state index contributed by atoms with van der Waals surface area (Å²) in [5.74, 6) is -2.91. The van der Waals surface area contributed by atoms with Crippen molar-refractivity contribution < 1.29 is 28.5 Å². The predicted molar refractivity (Wildman–Crippen MR) is 146 cm³/mol. The molecule has 1 heterocycles. The van der Waals surface area contributed by atoms with E-state index in [1.807, 2.05) is 34.6 Å². The van der Waals surface area contributed by atoms with Crippen LogP contribution in [0.3, 0.4) is 0 Å². The first kappa shape index (κ1) is 33.6. The van der Waals surface area contributed by atoms with Gasteiger partial charge in [-0.15, -0.1) is 0 Å². The van der Waals surface area contributed by atoms with Crippen molar-refractivity contribution in [3.63, 3.8) is 0 Å². The molecule has 1 aliphatic heterocycles. The number of nitrogens with one attached hydrogen (secondary N) is 4. The number of carbonyl (C=O) groups is 5. The second-order valence-corrected chi connectivity index (χ2v) is 11.8. The fourth-order valence-electron chi connectivity index (χ4n) is 4.04. The van der Waals surface area contributed by atoms with E-state index < -0.39 is 53.1 Å². The molecule has 0 aromatic heterocycles. The highest BCUT2D eigenvalue weighted by Gasteiger charge is 2.42. The predicted octanol–water partition coefficient (Wildman–Crippen LogP) is -0.0824. The number of urea groups is 1. The Bertz CT molecular complexity index is 851. The van der Waals surface area contributed by atoms with Crippen molar-refractivity contribution in [2.24, 2.45) is 17.1 Å². The molecule has 38 heavy (non-hydrogen) atoms. The van der Waals surface area contributed by atoms with E-state index in [1.165, 1.54) is 11.8 Å². The molecule has 1 aliphatic rings. The van der Waals surface area contributed by atoms with E-state index >= 15 is 0 Å². The fourth-order valence-corrected chi connectivity index (χ4v) is 4.21. The summed E-state index contributed by atoms with van der Waals surface area (Å²) in [5.41, 5.74) is 4.35. The molecule has 13 nitrogen and oxygen atoms in total. The van der Waals surface area contributed by atoms with Gasteiger partial charge >= 0.3 is 6.03 Å². The molecule has 1 rings (SSSR count). The van der Waals surface area contributed by atoms with Gasteiger partial charge in [0, 0.05) is 32.2 Å². The van der Waals surface area contributed by atoms with Crippen molar-refractivity contribution in [3.05, 3.63) is 0 Å². The third-order valence-corrected chi connectivity index (χ3v) is 6.91. The van der Waals surface area contributed by atoms with Gasteiger partial charge in [-0.2, -0.15) is 0 Å². The monoisotopic (exact) mass is 559 g/mol. The molecule has 5 amide bonds. The molecule has 0 aromatic rings. The van der Waals surface area contributed by atoms with Crippen LogP contribution in [-0.2, 0) is 19.2 Å². The molecule has 0 aliphatic carbocycles. The normalized spacial score (nSPS) is 18.2. The first-order valence-corrected chi connectivity index (χ1v) is 13.6. The Morgan fingerprint density at radius 3 is 2.26 bits per heavy atom. The van der Waals surface area contributed by atoms with Crippen LogP contribution in [0.2, 0.25) is 0 Å². The molecule has 1 fully saturated rings. The van der Waals surface area contributed by atoms with Crippen LogP contribution < -0.4 is 27.0 Å². The molecule has 0 spiro atoms. The molecule has 14 heteroatoms. The van der Waals surface area contributed by atoms with Crippen LogP contribution in [0.5, 0.6) is 0 Å². The van der Waals surface area contributed by atoms with Gasteiger partial charge in [0.15, 0.2) is 0 Å². The fraction of sp³-hybridized carbons (Fsp3) is 0.792. The van der Waals surface area contributed by atoms with Crippen LogP contribution in [0, 0.1) is 11.3 Å². The van der Waals surface area contributed by atoms with Crippen molar-refractivity contribution in [2.75, 3.05) is 33.2 Å². The first-order valence-electron chi connectivity index (χ1n) is 12.8. The third-order valence-electron chi connectivity index (χ3n) is 6.45. The Morgan fingerprint density at radius 2 is 1.74 bits per heavy atom. The lowest BCUT2D eigenvalue weighted by Gasteiger charge is -2.36.